The van der Waals surface area contributed by atoms with Crippen molar-refractivity contribution in [1.29, 1.82) is 0 Å². The smallest absolute Gasteiger partial charge is 0.315 e. The van der Waals surface area contributed by atoms with Crippen LogP contribution in [0.1, 0.15) is 25.8 Å². The first-order valence-corrected chi connectivity index (χ1v) is 6.69. The molecule has 0 saturated carbocycles. The Morgan fingerprint density at radius 2 is 2.00 bits per heavy atom. The minimum Gasteiger partial charge on any atom is -0.481 e. The Labute approximate surface area is 118 Å². The monoisotopic (exact) mass is 283 g/mol. The van der Waals surface area contributed by atoms with Gasteiger partial charge >= 0.3 is 5.97 Å². The Hall–Kier alpha value is -1.46. The van der Waals surface area contributed by atoms with Crippen LogP contribution in [0.2, 0.25) is 0 Å². The summed E-state index contributed by atoms with van der Waals surface area (Å²) in [5.41, 5.74) is 4.96. The highest BCUT2D eigenvalue weighted by Gasteiger charge is 2.38. The Balaban J connectivity index is 2.86. The Kier molecular flexibility index (Phi) is 6.10. The summed E-state index contributed by atoms with van der Waals surface area (Å²) in [7, 11) is 0. The maximum absolute atomic E-state index is 13.0. The average Bonchev–Trinajstić information content (AvgIpc) is 2.40. The molecule has 0 saturated heterocycles. The summed E-state index contributed by atoms with van der Waals surface area (Å²) in [6.45, 7) is 4.86. The molecule has 3 N–H and O–H groups in total. The summed E-state index contributed by atoms with van der Waals surface area (Å²) in [6.07, 6.45) is 0.261. The number of carboxylic acids is 1. The van der Waals surface area contributed by atoms with Gasteiger partial charge in [0.05, 0.1) is 0 Å². The van der Waals surface area contributed by atoms with E-state index < -0.39 is 17.2 Å². The molecule has 4 nitrogen and oxygen atoms in total. The average molecular weight is 283 g/mol. The lowest BCUT2D eigenvalue weighted by molar-refractivity contribution is -0.144. The van der Waals surface area contributed by atoms with Crippen molar-refractivity contribution in [3.8, 4) is 0 Å². The molecule has 0 aliphatic rings. The number of nitrogens with two attached hydrogens (primary N) is 1. The second-order valence-corrected chi connectivity index (χ2v) is 5.32. The molecule has 112 valence electrons. The lowest BCUT2D eigenvalue weighted by atomic mass is 9.78. The molecule has 0 aliphatic carbocycles. The molecule has 0 aromatic heterocycles. The van der Waals surface area contributed by atoms with E-state index in [2.05, 4.69) is 0 Å². The SMILES string of the molecule is CC(C)COCCC(CN)(C(=O)O)c1ccc(F)cc1. The van der Waals surface area contributed by atoms with Crippen molar-refractivity contribution in [1.82, 2.24) is 0 Å². The molecule has 0 radical (unpaired) electrons. The van der Waals surface area contributed by atoms with Gasteiger partial charge in [0.1, 0.15) is 11.2 Å². The molecule has 0 aliphatic heterocycles. The molecule has 1 rings (SSSR count). The van der Waals surface area contributed by atoms with E-state index in [1.807, 2.05) is 13.8 Å². The fraction of sp³-hybridized carbons (Fsp3) is 0.533. The molecule has 0 fully saturated rings. The fourth-order valence-electron chi connectivity index (χ4n) is 2.02. The van der Waals surface area contributed by atoms with Crippen molar-refractivity contribution in [2.45, 2.75) is 25.7 Å². The number of aliphatic carboxylic acids is 1. The van der Waals surface area contributed by atoms with Gasteiger partial charge in [0, 0.05) is 19.8 Å². The van der Waals surface area contributed by atoms with Crippen LogP contribution in [-0.4, -0.2) is 30.8 Å². The van der Waals surface area contributed by atoms with Crippen LogP contribution in [0.3, 0.4) is 0 Å². The Bertz CT molecular complexity index is 433. The van der Waals surface area contributed by atoms with E-state index in [1.54, 1.807) is 0 Å². The zero-order chi connectivity index (χ0) is 15.2. The lowest BCUT2D eigenvalue weighted by Crippen LogP contribution is -2.44. The van der Waals surface area contributed by atoms with Crippen LogP contribution in [0, 0.1) is 11.7 Å². The summed E-state index contributed by atoms with van der Waals surface area (Å²) in [5.74, 6) is -1.03. The highest BCUT2D eigenvalue weighted by Crippen LogP contribution is 2.28. The van der Waals surface area contributed by atoms with Crippen LogP contribution >= 0.6 is 0 Å². The molecule has 0 heterocycles. The third kappa shape index (κ3) is 4.02. The maximum atomic E-state index is 13.0. The van der Waals surface area contributed by atoms with Crippen LogP contribution in [-0.2, 0) is 14.9 Å². The summed E-state index contributed by atoms with van der Waals surface area (Å²) >= 11 is 0. The number of ether oxygens (including phenoxy) is 1. The summed E-state index contributed by atoms with van der Waals surface area (Å²) in [5, 5.41) is 9.53. The highest BCUT2D eigenvalue weighted by atomic mass is 19.1. The number of rotatable bonds is 8. The molecular weight excluding hydrogens is 261 g/mol. The number of benzene rings is 1. The fourth-order valence-corrected chi connectivity index (χ4v) is 2.02. The Morgan fingerprint density at radius 1 is 1.40 bits per heavy atom. The second-order valence-electron chi connectivity index (χ2n) is 5.32. The predicted molar refractivity (Wildman–Crippen MR) is 75.0 cm³/mol. The summed E-state index contributed by atoms with van der Waals surface area (Å²) < 4.78 is 18.4. The van der Waals surface area contributed by atoms with E-state index in [9.17, 15) is 14.3 Å². The Morgan fingerprint density at radius 3 is 2.45 bits per heavy atom. The number of carbonyl (C=O) groups is 1. The van der Waals surface area contributed by atoms with Crippen LogP contribution in [0.4, 0.5) is 4.39 Å². The molecule has 1 unspecified atom stereocenters. The topological polar surface area (TPSA) is 72.5 Å². The first-order chi connectivity index (χ1) is 9.42. The van der Waals surface area contributed by atoms with Gasteiger partial charge in [-0.3, -0.25) is 4.79 Å². The van der Waals surface area contributed by atoms with Crippen molar-refractivity contribution >= 4 is 5.97 Å². The molecule has 1 aromatic rings. The van der Waals surface area contributed by atoms with E-state index in [0.29, 0.717) is 24.7 Å². The molecule has 0 bridgehead atoms. The van der Waals surface area contributed by atoms with Crippen molar-refractivity contribution in [2.24, 2.45) is 11.7 Å². The molecular formula is C15H22FNO3. The van der Waals surface area contributed by atoms with E-state index in [4.69, 9.17) is 10.5 Å². The van der Waals surface area contributed by atoms with Gasteiger partial charge in [-0.25, -0.2) is 4.39 Å². The van der Waals surface area contributed by atoms with E-state index in [-0.39, 0.29) is 13.0 Å². The zero-order valence-corrected chi connectivity index (χ0v) is 11.9. The summed E-state index contributed by atoms with van der Waals surface area (Å²) in [4.78, 5) is 11.6. The third-order valence-electron chi connectivity index (χ3n) is 3.28. The van der Waals surface area contributed by atoms with E-state index in [1.165, 1.54) is 24.3 Å². The first-order valence-electron chi connectivity index (χ1n) is 6.69. The zero-order valence-electron chi connectivity index (χ0n) is 11.9. The van der Waals surface area contributed by atoms with Gasteiger partial charge in [-0.1, -0.05) is 26.0 Å². The predicted octanol–water partition coefficient (Wildman–Crippen LogP) is 2.17. The quantitative estimate of drug-likeness (QED) is 0.717. The number of carboxylic acid groups (broad SMARTS) is 1. The van der Waals surface area contributed by atoms with Gasteiger partial charge in [0.15, 0.2) is 0 Å². The molecule has 1 atom stereocenters. The van der Waals surface area contributed by atoms with E-state index >= 15 is 0 Å². The second kappa shape index (κ2) is 7.36. The first kappa shape index (κ1) is 16.6. The van der Waals surface area contributed by atoms with Gasteiger partial charge in [-0.15, -0.1) is 0 Å². The molecule has 0 spiro atoms. The minimum absolute atomic E-state index is 0.0565. The number of hydrogen-bond acceptors (Lipinski definition) is 3. The van der Waals surface area contributed by atoms with Gasteiger partial charge in [-0.05, 0) is 30.0 Å². The largest absolute Gasteiger partial charge is 0.481 e. The molecule has 20 heavy (non-hydrogen) atoms. The number of hydrogen-bond donors (Lipinski definition) is 2. The normalized spacial score (nSPS) is 14.2. The molecule has 0 amide bonds. The van der Waals surface area contributed by atoms with Gasteiger partial charge in [0.25, 0.3) is 0 Å². The highest BCUT2D eigenvalue weighted by molar-refractivity contribution is 5.81. The van der Waals surface area contributed by atoms with Crippen LogP contribution in [0.15, 0.2) is 24.3 Å². The van der Waals surface area contributed by atoms with E-state index in [0.717, 1.165) is 0 Å². The van der Waals surface area contributed by atoms with Crippen molar-refractivity contribution < 1.29 is 19.0 Å². The van der Waals surface area contributed by atoms with Crippen LogP contribution in [0.5, 0.6) is 0 Å². The minimum atomic E-state index is -1.23. The summed E-state index contributed by atoms with van der Waals surface area (Å²) in [6, 6.07) is 5.44. The number of halogens is 1. The van der Waals surface area contributed by atoms with Gasteiger partial charge in [-0.2, -0.15) is 0 Å². The standard InChI is InChI=1S/C15H22FNO3/c1-11(2)9-20-8-7-15(10-17,14(18)19)12-3-5-13(16)6-4-12/h3-6,11H,7-10,17H2,1-2H3,(H,18,19). The molecule has 5 heteroatoms. The lowest BCUT2D eigenvalue weighted by Gasteiger charge is -2.28. The van der Waals surface area contributed by atoms with Crippen LogP contribution in [0.25, 0.3) is 0 Å². The van der Waals surface area contributed by atoms with Crippen molar-refractivity contribution in [3.63, 3.8) is 0 Å². The van der Waals surface area contributed by atoms with Crippen LogP contribution < -0.4 is 5.73 Å². The van der Waals surface area contributed by atoms with Gasteiger partial charge in [0.2, 0.25) is 0 Å². The van der Waals surface area contributed by atoms with Crippen molar-refractivity contribution in [2.75, 3.05) is 19.8 Å². The van der Waals surface area contributed by atoms with Gasteiger partial charge < -0.3 is 15.6 Å². The third-order valence-corrected chi connectivity index (χ3v) is 3.28. The van der Waals surface area contributed by atoms with Crippen molar-refractivity contribution in [3.05, 3.63) is 35.6 Å². The molecule has 1 aromatic carbocycles. The maximum Gasteiger partial charge on any atom is 0.315 e.